The number of rotatable bonds is 6. The third-order valence-corrected chi connectivity index (χ3v) is 2.24. The smallest absolute Gasteiger partial charge is 0.142 e. The maximum atomic E-state index is 5.78. The van der Waals surface area contributed by atoms with Crippen LogP contribution in [-0.4, -0.2) is 20.2 Å². The van der Waals surface area contributed by atoms with Gasteiger partial charge in [0.05, 0.1) is 12.8 Å². The van der Waals surface area contributed by atoms with Crippen molar-refractivity contribution < 1.29 is 4.74 Å². The molecule has 0 aliphatic rings. The van der Waals surface area contributed by atoms with E-state index in [-0.39, 0.29) is 0 Å². The Kier molecular flexibility index (Phi) is 4.45. The quantitative estimate of drug-likeness (QED) is 0.589. The Morgan fingerprint density at radius 3 is 2.44 bits per heavy atom. The number of nitrogens with zero attached hydrogens (tertiary/aromatic N) is 1. The molecule has 0 fully saturated rings. The Hall–Kier alpha value is -1.90. The predicted octanol–water partition coefficient (Wildman–Crippen LogP) is 2.46. The van der Waals surface area contributed by atoms with Crippen LogP contribution in [0.5, 0.6) is 5.75 Å². The zero-order chi connectivity index (χ0) is 12.0. The summed E-state index contributed by atoms with van der Waals surface area (Å²) in [5.74, 6) is 0.804. The van der Waals surface area contributed by atoms with Gasteiger partial charge in [0.15, 0.2) is 0 Å². The standard InChI is InChI=1S/C13H18N2O/c1-4-8-15(9-5-2)12-10-11(14)6-7-13(12)16-3/h4-7,10H,1-2,8-9,14H2,3H3. The first kappa shape index (κ1) is 12.2. The van der Waals surface area contributed by atoms with Crippen LogP contribution >= 0.6 is 0 Å². The predicted molar refractivity (Wildman–Crippen MR) is 70.0 cm³/mol. The van der Waals surface area contributed by atoms with Gasteiger partial charge in [-0.25, -0.2) is 0 Å². The molecule has 1 rings (SSSR count). The molecule has 1 aromatic carbocycles. The fraction of sp³-hybridized carbons (Fsp3) is 0.231. The number of anilines is 2. The van der Waals surface area contributed by atoms with Crippen molar-refractivity contribution in [2.24, 2.45) is 0 Å². The van der Waals surface area contributed by atoms with Crippen LogP contribution in [-0.2, 0) is 0 Å². The van der Waals surface area contributed by atoms with Gasteiger partial charge >= 0.3 is 0 Å². The zero-order valence-corrected chi connectivity index (χ0v) is 9.65. The number of benzene rings is 1. The zero-order valence-electron chi connectivity index (χ0n) is 9.65. The highest BCUT2D eigenvalue weighted by Gasteiger charge is 2.09. The molecule has 0 unspecified atom stereocenters. The number of hydrogen-bond acceptors (Lipinski definition) is 3. The van der Waals surface area contributed by atoms with Crippen molar-refractivity contribution >= 4 is 11.4 Å². The largest absolute Gasteiger partial charge is 0.495 e. The van der Waals surface area contributed by atoms with Crippen molar-refractivity contribution in [2.45, 2.75) is 0 Å². The maximum absolute atomic E-state index is 5.78. The second-order valence-electron chi connectivity index (χ2n) is 3.41. The summed E-state index contributed by atoms with van der Waals surface area (Å²) in [5, 5.41) is 0. The minimum absolute atomic E-state index is 0.717. The lowest BCUT2D eigenvalue weighted by atomic mass is 10.2. The Morgan fingerprint density at radius 2 is 1.94 bits per heavy atom. The van der Waals surface area contributed by atoms with Crippen LogP contribution in [0.4, 0.5) is 11.4 Å². The molecule has 2 N–H and O–H groups in total. The molecular weight excluding hydrogens is 200 g/mol. The van der Waals surface area contributed by atoms with Crippen molar-refractivity contribution in [3.63, 3.8) is 0 Å². The fourth-order valence-electron chi connectivity index (χ4n) is 1.54. The minimum atomic E-state index is 0.717. The molecule has 16 heavy (non-hydrogen) atoms. The fourth-order valence-corrected chi connectivity index (χ4v) is 1.54. The van der Waals surface area contributed by atoms with Crippen LogP contribution < -0.4 is 15.4 Å². The normalized spacial score (nSPS) is 9.56. The van der Waals surface area contributed by atoms with Crippen LogP contribution in [0.2, 0.25) is 0 Å². The highest BCUT2D eigenvalue weighted by Crippen LogP contribution is 2.30. The van der Waals surface area contributed by atoms with Crippen LogP contribution in [0, 0.1) is 0 Å². The van der Waals surface area contributed by atoms with E-state index in [0.29, 0.717) is 5.69 Å². The number of nitrogen functional groups attached to an aromatic ring is 1. The molecule has 0 spiro atoms. The van der Waals surface area contributed by atoms with Gasteiger partial charge in [-0.15, -0.1) is 13.2 Å². The summed E-state index contributed by atoms with van der Waals surface area (Å²) in [6.07, 6.45) is 3.68. The van der Waals surface area contributed by atoms with Crippen LogP contribution in [0.1, 0.15) is 0 Å². The van der Waals surface area contributed by atoms with Gasteiger partial charge in [-0.2, -0.15) is 0 Å². The molecule has 0 aliphatic carbocycles. The van der Waals surface area contributed by atoms with Gasteiger partial charge in [0.25, 0.3) is 0 Å². The molecule has 0 aromatic heterocycles. The molecular formula is C13H18N2O. The van der Waals surface area contributed by atoms with E-state index in [1.165, 1.54) is 0 Å². The van der Waals surface area contributed by atoms with E-state index in [9.17, 15) is 0 Å². The summed E-state index contributed by atoms with van der Waals surface area (Å²) in [6.45, 7) is 8.93. The third-order valence-electron chi connectivity index (χ3n) is 2.24. The summed E-state index contributed by atoms with van der Waals surface area (Å²) in [5.41, 5.74) is 7.46. The van der Waals surface area contributed by atoms with E-state index in [2.05, 4.69) is 18.1 Å². The van der Waals surface area contributed by atoms with Crippen LogP contribution in [0.3, 0.4) is 0 Å². The van der Waals surface area contributed by atoms with E-state index in [4.69, 9.17) is 10.5 Å². The number of hydrogen-bond donors (Lipinski definition) is 1. The average Bonchev–Trinajstić information content (AvgIpc) is 2.29. The Balaban J connectivity index is 3.09. The van der Waals surface area contributed by atoms with E-state index < -0.39 is 0 Å². The monoisotopic (exact) mass is 218 g/mol. The maximum Gasteiger partial charge on any atom is 0.142 e. The lowest BCUT2D eigenvalue weighted by molar-refractivity contribution is 0.415. The lowest BCUT2D eigenvalue weighted by Gasteiger charge is -2.24. The number of ether oxygens (including phenoxy) is 1. The van der Waals surface area contributed by atoms with E-state index in [0.717, 1.165) is 24.5 Å². The molecule has 1 aromatic rings. The molecule has 0 saturated heterocycles. The van der Waals surface area contributed by atoms with Crippen molar-refractivity contribution in [2.75, 3.05) is 30.8 Å². The first-order valence-electron chi connectivity index (χ1n) is 5.13. The van der Waals surface area contributed by atoms with E-state index in [1.54, 1.807) is 7.11 Å². The number of nitrogens with two attached hydrogens (primary N) is 1. The summed E-state index contributed by atoms with van der Waals surface area (Å²) < 4.78 is 5.31. The summed E-state index contributed by atoms with van der Waals surface area (Å²) in [7, 11) is 1.65. The topological polar surface area (TPSA) is 38.5 Å². The SMILES string of the molecule is C=CCN(CC=C)c1cc(N)ccc1OC. The van der Waals surface area contributed by atoms with Gasteiger partial charge in [-0.05, 0) is 18.2 Å². The molecule has 86 valence electrons. The van der Waals surface area contributed by atoms with Crippen molar-refractivity contribution in [3.8, 4) is 5.75 Å². The van der Waals surface area contributed by atoms with Crippen molar-refractivity contribution in [3.05, 3.63) is 43.5 Å². The van der Waals surface area contributed by atoms with E-state index >= 15 is 0 Å². The molecule has 0 amide bonds. The minimum Gasteiger partial charge on any atom is -0.495 e. The second-order valence-corrected chi connectivity index (χ2v) is 3.41. The van der Waals surface area contributed by atoms with Gasteiger partial charge in [-0.3, -0.25) is 0 Å². The van der Waals surface area contributed by atoms with Crippen molar-refractivity contribution in [1.29, 1.82) is 0 Å². The van der Waals surface area contributed by atoms with Gasteiger partial charge < -0.3 is 15.4 Å². The Morgan fingerprint density at radius 1 is 1.31 bits per heavy atom. The van der Waals surface area contributed by atoms with Gasteiger partial charge in [0.2, 0.25) is 0 Å². The van der Waals surface area contributed by atoms with Gasteiger partial charge in [0, 0.05) is 18.8 Å². The molecule has 0 atom stereocenters. The van der Waals surface area contributed by atoms with Crippen LogP contribution in [0.15, 0.2) is 43.5 Å². The molecule has 0 saturated carbocycles. The first-order chi connectivity index (χ1) is 7.72. The number of methoxy groups -OCH3 is 1. The first-order valence-corrected chi connectivity index (χ1v) is 5.13. The Bertz CT molecular complexity index is 364. The van der Waals surface area contributed by atoms with Gasteiger partial charge in [0.1, 0.15) is 5.75 Å². The Labute approximate surface area is 96.8 Å². The van der Waals surface area contributed by atoms with E-state index in [1.807, 2.05) is 30.4 Å². The molecule has 0 radical (unpaired) electrons. The third kappa shape index (κ3) is 2.79. The summed E-state index contributed by atoms with van der Waals surface area (Å²) >= 11 is 0. The highest BCUT2D eigenvalue weighted by atomic mass is 16.5. The molecule has 3 heteroatoms. The highest BCUT2D eigenvalue weighted by molar-refractivity contribution is 5.65. The molecule has 0 aliphatic heterocycles. The van der Waals surface area contributed by atoms with Gasteiger partial charge in [-0.1, -0.05) is 12.2 Å². The second kappa shape index (κ2) is 5.85. The molecule has 3 nitrogen and oxygen atoms in total. The van der Waals surface area contributed by atoms with Crippen LogP contribution in [0.25, 0.3) is 0 Å². The lowest BCUT2D eigenvalue weighted by Crippen LogP contribution is -2.23. The summed E-state index contributed by atoms with van der Waals surface area (Å²) in [6, 6.07) is 5.58. The average molecular weight is 218 g/mol. The molecule has 0 bridgehead atoms. The van der Waals surface area contributed by atoms with Crippen molar-refractivity contribution in [1.82, 2.24) is 0 Å². The summed E-state index contributed by atoms with van der Waals surface area (Å²) in [4.78, 5) is 2.09. The molecule has 0 heterocycles.